The van der Waals surface area contributed by atoms with Crippen LogP contribution in [0.2, 0.25) is 0 Å². The summed E-state index contributed by atoms with van der Waals surface area (Å²) in [7, 11) is 0. The molecule has 0 radical (unpaired) electrons. The normalized spacial score (nSPS) is 12.2. The zero-order chi connectivity index (χ0) is 17.2. The van der Waals surface area contributed by atoms with Crippen LogP contribution in [0.3, 0.4) is 0 Å². The summed E-state index contributed by atoms with van der Waals surface area (Å²) >= 11 is 0. The third kappa shape index (κ3) is 2.85. The highest BCUT2D eigenvalue weighted by Crippen LogP contribution is 2.26. The van der Waals surface area contributed by atoms with E-state index in [2.05, 4.69) is 32.6 Å². The Kier molecular flexibility index (Phi) is 3.90. The van der Waals surface area contributed by atoms with Gasteiger partial charge in [-0.1, -0.05) is 24.3 Å². The van der Waals surface area contributed by atoms with E-state index < -0.39 is 0 Å². The molecular formula is C20H19N5. The van der Waals surface area contributed by atoms with Crippen molar-refractivity contribution in [3.05, 3.63) is 84.6 Å². The number of aromatic nitrogens is 5. The Bertz CT molecular complexity index is 967. The Morgan fingerprint density at radius 3 is 2.52 bits per heavy atom. The molecule has 1 atom stereocenters. The maximum absolute atomic E-state index is 4.59. The van der Waals surface area contributed by atoms with Crippen LogP contribution >= 0.6 is 0 Å². The zero-order valence-corrected chi connectivity index (χ0v) is 14.2. The van der Waals surface area contributed by atoms with Crippen LogP contribution in [-0.4, -0.2) is 24.3 Å². The van der Waals surface area contributed by atoms with E-state index in [0.717, 1.165) is 28.5 Å². The van der Waals surface area contributed by atoms with Gasteiger partial charge in [-0.05, 0) is 43.7 Å². The second-order valence-corrected chi connectivity index (χ2v) is 6.03. The first-order valence-corrected chi connectivity index (χ1v) is 8.29. The molecule has 0 N–H and O–H groups in total. The molecule has 0 spiro atoms. The smallest absolute Gasteiger partial charge is 0.159 e. The van der Waals surface area contributed by atoms with Crippen molar-refractivity contribution in [3.8, 4) is 17.2 Å². The molecule has 5 heteroatoms. The maximum Gasteiger partial charge on any atom is 0.159 e. The Balaban J connectivity index is 1.76. The quantitative estimate of drug-likeness (QED) is 0.567. The highest BCUT2D eigenvalue weighted by atomic mass is 15.3. The van der Waals surface area contributed by atoms with E-state index in [-0.39, 0.29) is 6.04 Å². The SMILES string of the molecule is Cc1ccc(C(C)n2ccnc2-c2ccnn2-c2ccccc2)cn1. The third-order valence-corrected chi connectivity index (χ3v) is 4.38. The molecular weight excluding hydrogens is 310 g/mol. The molecule has 4 aromatic rings. The van der Waals surface area contributed by atoms with Crippen molar-refractivity contribution in [1.29, 1.82) is 0 Å². The van der Waals surface area contributed by atoms with Gasteiger partial charge in [-0.3, -0.25) is 4.98 Å². The first-order chi connectivity index (χ1) is 12.2. The average molecular weight is 329 g/mol. The number of hydrogen-bond donors (Lipinski definition) is 0. The zero-order valence-electron chi connectivity index (χ0n) is 14.2. The van der Waals surface area contributed by atoms with Gasteiger partial charge < -0.3 is 4.57 Å². The van der Waals surface area contributed by atoms with Gasteiger partial charge in [0.05, 0.1) is 17.9 Å². The van der Waals surface area contributed by atoms with E-state index in [1.165, 1.54) is 0 Å². The fourth-order valence-corrected chi connectivity index (χ4v) is 2.96. The van der Waals surface area contributed by atoms with Crippen LogP contribution < -0.4 is 0 Å². The van der Waals surface area contributed by atoms with Gasteiger partial charge in [-0.2, -0.15) is 5.10 Å². The van der Waals surface area contributed by atoms with Gasteiger partial charge in [0.25, 0.3) is 0 Å². The molecule has 0 aliphatic rings. The molecule has 0 aliphatic carbocycles. The van der Waals surface area contributed by atoms with Crippen molar-refractivity contribution in [2.75, 3.05) is 0 Å². The second-order valence-electron chi connectivity index (χ2n) is 6.03. The minimum absolute atomic E-state index is 0.129. The van der Waals surface area contributed by atoms with Crippen molar-refractivity contribution in [1.82, 2.24) is 24.3 Å². The Morgan fingerprint density at radius 1 is 0.920 bits per heavy atom. The summed E-state index contributed by atoms with van der Waals surface area (Å²) < 4.78 is 4.07. The van der Waals surface area contributed by atoms with Gasteiger partial charge in [0.15, 0.2) is 5.82 Å². The number of imidazole rings is 1. The Morgan fingerprint density at radius 2 is 1.76 bits per heavy atom. The standard InChI is InChI=1S/C20H19N5/c1-15-8-9-17(14-22-15)16(2)24-13-12-21-20(24)19-10-11-23-25(19)18-6-4-3-5-7-18/h3-14,16H,1-2H3. The molecule has 0 saturated carbocycles. The lowest BCUT2D eigenvalue weighted by atomic mass is 10.1. The van der Waals surface area contributed by atoms with Crippen LogP contribution in [0.5, 0.6) is 0 Å². The van der Waals surface area contributed by atoms with Gasteiger partial charge in [0, 0.05) is 24.3 Å². The highest BCUT2D eigenvalue weighted by molar-refractivity contribution is 5.54. The molecule has 124 valence electrons. The van der Waals surface area contributed by atoms with Gasteiger partial charge in [-0.25, -0.2) is 9.67 Å². The number of pyridine rings is 1. The monoisotopic (exact) mass is 329 g/mol. The van der Waals surface area contributed by atoms with E-state index in [1.54, 1.807) is 6.20 Å². The van der Waals surface area contributed by atoms with E-state index >= 15 is 0 Å². The molecule has 1 unspecified atom stereocenters. The summed E-state index contributed by atoms with van der Waals surface area (Å²) in [5.74, 6) is 0.884. The molecule has 0 aliphatic heterocycles. The molecule has 3 heterocycles. The van der Waals surface area contributed by atoms with Crippen molar-refractivity contribution in [3.63, 3.8) is 0 Å². The van der Waals surface area contributed by atoms with Gasteiger partial charge in [0.1, 0.15) is 5.69 Å². The molecule has 5 nitrogen and oxygen atoms in total. The molecule has 1 aromatic carbocycles. The number of rotatable bonds is 4. The lowest BCUT2D eigenvalue weighted by Gasteiger charge is -2.17. The van der Waals surface area contributed by atoms with Crippen LogP contribution in [-0.2, 0) is 0 Å². The lowest BCUT2D eigenvalue weighted by Crippen LogP contribution is -2.10. The van der Waals surface area contributed by atoms with Crippen molar-refractivity contribution in [2.45, 2.75) is 19.9 Å². The van der Waals surface area contributed by atoms with Crippen LogP contribution in [0.15, 0.2) is 73.3 Å². The van der Waals surface area contributed by atoms with Gasteiger partial charge in [-0.15, -0.1) is 0 Å². The first kappa shape index (κ1) is 15.3. The molecule has 0 amide bonds. The summed E-state index contributed by atoms with van der Waals surface area (Å²) in [5, 5.41) is 4.48. The molecule has 4 rings (SSSR count). The minimum atomic E-state index is 0.129. The van der Waals surface area contributed by atoms with Gasteiger partial charge in [0.2, 0.25) is 0 Å². The number of hydrogen-bond acceptors (Lipinski definition) is 3. The Hall–Kier alpha value is -3.21. The Labute approximate surface area is 146 Å². The van der Waals surface area contributed by atoms with Crippen molar-refractivity contribution < 1.29 is 0 Å². The van der Waals surface area contributed by atoms with Crippen LogP contribution in [0.4, 0.5) is 0 Å². The summed E-state index contributed by atoms with van der Waals surface area (Å²) in [6.45, 7) is 4.15. The average Bonchev–Trinajstić information content (AvgIpc) is 3.31. The van der Waals surface area contributed by atoms with Crippen LogP contribution in [0.1, 0.15) is 24.2 Å². The number of aryl methyl sites for hydroxylation is 1. The van der Waals surface area contributed by atoms with Crippen molar-refractivity contribution >= 4 is 0 Å². The molecule has 25 heavy (non-hydrogen) atoms. The van der Waals surface area contributed by atoms with E-state index in [0.29, 0.717) is 0 Å². The second kappa shape index (κ2) is 6.36. The summed E-state index contributed by atoms with van der Waals surface area (Å²) in [6, 6.07) is 16.4. The minimum Gasteiger partial charge on any atom is -0.322 e. The molecule has 0 fully saturated rings. The van der Waals surface area contributed by atoms with Crippen molar-refractivity contribution in [2.24, 2.45) is 0 Å². The highest BCUT2D eigenvalue weighted by Gasteiger charge is 2.17. The van der Waals surface area contributed by atoms with E-state index in [9.17, 15) is 0 Å². The first-order valence-electron chi connectivity index (χ1n) is 8.29. The van der Waals surface area contributed by atoms with E-state index in [4.69, 9.17) is 0 Å². The predicted molar refractivity (Wildman–Crippen MR) is 97.6 cm³/mol. The van der Waals surface area contributed by atoms with E-state index in [1.807, 2.05) is 72.7 Å². The molecule has 3 aromatic heterocycles. The number of nitrogens with zero attached hydrogens (tertiary/aromatic N) is 5. The largest absolute Gasteiger partial charge is 0.322 e. The topological polar surface area (TPSA) is 48.5 Å². The number of benzene rings is 1. The molecule has 0 bridgehead atoms. The summed E-state index contributed by atoms with van der Waals surface area (Å²) in [6.07, 6.45) is 7.57. The van der Waals surface area contributed by atoms with Gasteiger partial charge >= 0.3 is 0 Å². The summed E-state index contributed by atoms with van der Waals surface area (Å²) in [4.78, 5) is 9.01. The lowest BCUT2D eigenvalue weighted by molar-refractivity contribution is 0.639. The predicted octanol–water partition coefficient (Wildman–Crippen LogP) is 4.05. The molecule has 0 saturated heterocycles. The fourth-order valence-electron chi connectivity index (χ4n) is 2.96. The summed E-state index contributed by atoms with van der Waals surface area (Å²) in [5.41, 5.74) is 4.14. The van der Waals surface area contributed by atoms with Crippen LogP contribution in [0, 0.1) is 6.92 Å². The number of para-hydroxylation sites is 1. The third-order valence-electron chi connectivity index (χ3n) is 4.38. The fraction of sp³-hybridized carbons (Fsp3) is 0.150. The van der Waals surface area contributed by atoms with Crippen LogP contribution in [0.25, 0.3) is 17.2 Å². The maximum atomic E-state index is 4.59.